The van der Waals surface area contributed by atoms with Gasteiger partial charge in [-0.3, -0.25) is 4.68 Å². The lowest BCUT2D eigenvalue weighted by Crippen LogP contribution is -2.04. The van der Waals surface area contributed by atoms with E-state index >= 15 is 0 Å². The highest BCUT2D eigenvalue weighted by molar-refractivity contribution is 5.88. The third-order valence-corrected chi connectivity index (χ3v) is 3.16. The second kappa shape index (κ2) is 4.03. The molecule has 7 heteroatoms. The molecular formula is C13H11F3N4. The zero-order chi connectivity index (χ0) is 14.5. The maximum atomic E-state index is 12.9. The maximum absolute atomic E-state index is 12.9. The summed E-state index contributed by atoms with van der Waals surface area (Å²) < 4.78 is 40.3. The van der Waals surface area contributed by atoms with Crippen LogP contribution in [-0.4, -0.2) is 14.8 Å². The number of nitrogen functional groups attached to an aromatic ring is 1. The first-order chi connectivity index (χ1) is 9.36. The van der Waals surface area contributed by atoms with Crippen LogP contribution >= 0.6 is 0 Å². The number of hydrogen-bond acceptors (Lipinski definition) is 2. The molecule has 0 radical (unpaired) electrons. The number of nitrogens with zero attached hydrogens (tertiary/aromatic N) is 2. The highest BCUT2D eigenvalue weighted by atomic mass is 19.4. The van der Waals surface area contributed by atoms with Crippen molar-refractivity contribution >= 4 is 16.7 Å². The number of anilines is 1. The summed E-state index contributed by atoms with van der Waals surface area (Å²) in [4.78, 5) is 2.93. The SMILES string of the molecule is Cn1nc(-c2cc3c(C(F)(F)F)cccc3[nH]2)cc1N. The predicted molar refractivity (Wildman–Crippen MR) is 69.9 cm³/mol. The van der Waals surface area contributed by atoms with Crippen LogP contribution in [0.25, 0.3) is 22.3 Å². The summed E-state index contributed by atoms with van der Waals surface area (Å²) in [5, 5.41) is 4.27. The summed E-state index contributed by atoms with van der Waals surface area (Å²) in [5.41, 5.74) is 6.44. The van der Waals surface area contributed by atoms with Crippen LogP contribution in [0.1, 0.15) is 5.56 Å². The molecule has 0 saturated heterocycles. The quantitative estimate of drug-likeness (QED) is 0.719. The van der Waals surface area contributed by atoms with Gasteiger partial charge in [-0.25, -0.2) is 0 Å². The Bertz CT molecular complexity index is 763. The Morgan fingerprint density at radius 1 is 1.25 bits per heavy atom. The Morgan fingerprint density at radius 2 is 2.00 bits per heavy atom. The average molecular weight is 280 g/mol. The van der Waals surface area contributed by atoms with Crippen LogP contribution in [0, 0.1) is 0 Å². The molecule has 2 aromatic heterocycles. The van der Waals surface area contributed by atoms with Gasteiger partial charge >= 0.3 is 6.18 Å². The first-order valence-electron chi connectivity index (χ1n) is 5.85. The first-order valence-corrected chi connectivity index (χ1v) is 5.85. The summed E-state index contributed by atoms with van der Waals surface area (Å²) in [6.45, 7) is 0. The third kappa shape index (κ3) is 1.91. The van der Waals surface area contributed by atoms with Gasteiger partial charge in [-0.2, -0.15) is 18.3 Å². The smallest absolute Gasteiger partial charge is 0.384 e. The van der Waals surface area contributed by atoms with E-state index in [1.807, 2.05) is 0 Å². The van der Waals surface area contributed by atoms with Gasteiger partial charge in [0.25, 0.3) is 0 Å². The molecule has 0 aliphatic carbocycles. The number of H-pyrrole nitrogens is 1. The van der Waals surface area contributed by atoms with Crippen LogP contribution in [0.4, 0.5) is 19.0 Å². The number of nitrogens with one attached hydrogen (secondary N) is 1. The number of aryl methyl sites for hydroxylation is 1. The molecule has 3 rings (SSSR count). The van der Waals surface area contributed by atoms with E-state index < -0.39 is 11.7 Å². The largest absolute Gasteiger partial charge is 0.417 e. The molecule has 0 saturated carbocycles. The lowest BCUT2D eigenvalue weighted by Gasteiger charge is -2.06. The van der Waals surface area contributed by atoms with Gasteiger partial charge in [-0.05, 0) is 18.2 Å². The molecule has 0 atom stereocenters. The highest BCUT2D eigenvalue weighted by Gasteiger charge is 2.32. The van der Waals surface area contributed by atoms with Crippen molar-refractivity contribution in [3.8, 4) is 11.4 Å². The third-order valence-electron chi connectivity index (χ3n) is 3.16. The van der Waals surface area contributed by atoms with Gasteiger partial charge in [-0.1, -0.05) is 6.07 Å². The predicted octanol–water partition coefficient (Wildman–Crippen LogP) is 3.17. The van der Waals surface area contributed by atoms with Gasteiger partial charge in [0.1, 0.15) is 11.5 Å². The number of aromatic amines is 1. The van der Waals surface area contributed by atoms with E-state index in [-0.39, 0.29) is 5.39 Å². The second-order valence-electron chi connectivity index (χ2n) is 4.53. The highest BCUT2D eigenvalue weighted by Crippen LogP contribution is 2.36. The molecule has 0 bridgehead atoms. The van der Waals surface area contributed by atoms with Crippen LogP contribution in [0.15, 0.2) is 30.3 Å². The topological polar surface area (TPSA) is 59.6 Å². The van der Waals surface area contributed by atoms with Crippen LogP contribution in [0.2, 0.25) is 0 Å². The molecule has 0 unspecified atom stereocenters. The van der Waals surface area contributed by atoms with E-state index in [4.69, 9.17) is 5.73 Å². The maximum Gasteiger partial charge on any atom is 0.417 e. The van der Waals surface area contributed by atoms with E-state index in [1.54, 1.807) is 19.2 Å². The number of alkyl halides is 3. The van der Waals surface area contributed by atoms with Crippen molar-refractivity contribution in [3.63, 3.8) is 0 Å². The number of aromatic nitrogens is 3. The number of nitrogens with two attached hydrogens (primary N) is 1. The monoisotopic (exact) mass is 280 g/mol. The number of halogens is 3. The van der Waals surface area contributed by atoms with Crippen LogP contribution in [0.3, 0.4) is 0 Å². The Kier molecular flexibility index (Phi) is 2.53. The van der Waals surface area contributed by atoms with Crippen molar-refractivity contribution in [2.45, 2.75) is 6.18 Å². The van der Waals surface area contributed by atoms with Crippen LogP contribution in [0.5, 0.6) is 0 Å². The molecule has 3 N–H and O–H groups in total. The molecule has 0 aliphatic heterocycles. The molecule has 2 heterocycles. The van der Waals surface area contributed by atoms with Crippen molar-refractivity contribution < 1.29 is 13.2 Å². The zero-order valence-electron chi connectivity index (χ0n) is 10.5. The fourth-order valence-corrected chi connectivity index (χ4v) is 2.15. The summed E-state index contributed by atoms with van der Waals surface area (Å²) in [6, 6.07) is 7.09. The van der Waals surface area contributed by atoms with E-state index in [1.165, 1.54) is 16.8 Å². The molecule has 3 aromatic rings. The lowest BCUT2D eigenvalue weighted by molar-refractivity contribution is -0.136. The first kappa shape index (κ1) is 12.6. The molecule has 4 nitrogen and oxygen atoms in total. The minimum atomic E-state index is -4.39. The van der Waals surface area contributed by atoms with Crippen molar-refractivity contribution in [1.29, 1.82) is 0 Å². The zero-order valence-corrected chi connectivity index (χ0v) is 10.5. The molecule has 20 heavy (non-hydrogen) atoms. The molecular weight excluding hydrogens is 269 g/mol. The Balaban J connectivity index is 2.20. The number of rotatable bonds is 1. The van der Waals surface area contributed by atoms with E-state index in [9.17, 15) is 13.2 Å². The summed E-state index contributed by atoms with van der Waals surface area (Å²) in [7, 11) is 1.67. The van der Waals surface area contributed by atoms with Crippen LogP contribution < -0.4 is 5.73 Å². The molecule has 0 spiro atoms. The fraction of sp³-hybridized carbons (Fsp3) is 0.154. The normalized spacial score (nSPS) is 12.2. The minimum Gasteiger partial charge on any atom is -0.384 e. The second-order valence-corrected chi connectivity index (χ2v) is 4.53. The summed E-state index contributed by atoms with van der Waals surface area (Å²) >= 11 is 0. The van der Waals surface area contributed by atoms with E-state index in [0.29, 0.717) is 22.7 Å². The summed E-state index contributed by atoms with van der Waals surface area (Å²) in [5.74, 6) is 0.440. The molecule has 104 valence electrons. The van der Waals surface area contributed by atoms with Gasteiger partial charge in [0, 0.05) is 24.0 Å². The van der Waals surface area contributed by atoms with Gasteiger partial charge in [0.15, 0.2) is 0 Å². The average Bonchev–Trinajstić information content (AvgIpc) is 2.92. The van der Waals surface area contributed by atoms with E-state index in [0.717, 1.165) is 6.07 Å². The van der Waals surface area contributed by atoms with E-state index in [2.05, 4.69) is 10.1 Å². The summed E-state index contributed by atoms with van der Waals surface area (Å²) in [6.07, 6.45) is -4.39. The van der Waals surface area contributed by atoms with Gasteiger partial charge in [0.2, 0.25) is 0 Å². The molecule has 1 aromatic carbocycles. The van der Waals surface area contributed by atoms with Crippen LogP contribution in [-0.2, 0) is 13.2 Å². The number of fused-ring (bicyclic) bond motifs is 1. The molecule has 0 aliphatic rings. The Morgan fingerprint density at radius 3 is 2.60 bits per heavy atom. The van der Waals surface area contributed by atoms with Gasteiger partial charge < -0.3 is 10.7 Å². The standard InChI is InChI=1S/C13H11F3N4/c1-20-12(17)6-11(19-20)10-5-7-8(13(14,15)16)3-2-4-9(7)18-10/h2-6,18H,17H2,1H3. The van der Waals surface area contributed by atoms with Crippen molar-refractivity contribution in [2.24, 2.45) is 7.05 Å². The Labute approximate surface area is 112 Å². The molecule has 0 amide bonds. The minimum absolute atomic E-state index is 0.124. The number of hydrogen-bond donors (Lipinski definition) is 2. The lowest BCUT2D eigenvalue weighted by atomic mass is 10.1. The van der Waals surface area contributed by atoms with Crippen molar-refractivity contribution in [2.75, 3.05) is 5.73 Å². The molecule has 0 fully saturated rings. The van der Waals surface area contributed by atoms with Gasteiger partial charge in [0.05, 0.1) is 11.3 Å². The Hall–Kier alpha value is -2.44. The fourth-order valence-electron chi connectivity index (χ4n) is 2.15. The van der Waals surface area contributed by atoms with Gasteiger partial charge in [-0.15, -0.1) is 0 Å². The van der Waals surface area contributed by atoms with Crippen molar-refractivity contribution in [3.05, 3.63) is 35.9 Å². The van der Waals surface area contributed by atoms with Crippen molar-refractivity contribution in [1.82, 2.24) is 14.8 Å². The number of benzene rings is 1.